The minimum atomic E-state index is -2.46. The van der Waals surface area contributed by atoms with Gasteiger partial charge in [-0.05, 0) is 65.8 Å². The van der Waals surface area contributed by atoms with Crippen LogP contribution in [0.2, 0.25) is 24.7 Å². The van der Waals surface area contributed by atoms with Crippen molar-refractivity contribution < 1.29 is 8.85 Å². The molecular weight excluding hydrogens is 412 g/mol. The van der Waals surface area contributed by atoms with Crippen molar-refractivity contribution in [2.24, 2.45) is 11.8 Å². The lowest BCUT2D eigenvalue weighted by Gasteiger charge is -2.44. The van der Waals surface area contributed by atoms with Gasteiger partial charge in [-0.1, -0.05) is 81.4 Å². The van der Waals surface area contributed by atoms with Gasteiger partial charge < -0.3 is 8.85 Å². The highest BCUT2D eigenvalue weighted by atomic mass is 28.4. The van der Waals surface area contributed by atoms with Gasteiger partial charge >= 0.3 is 0 Å². The second-order valence-electron chi connectivity index (χ2n) is 11.3. The lowest BCUT2D eigenvalue weighted by molar-refractivity contribution is 0.186. The molecule has 2 aromatic carbocycles. The van der Waals surface area contributed by atoms with E-state index in [0.29, 0.717) is 17.9 Å². The van der Waals surface area contributed by atoms with Gasteiger partial charge in [0.2, 0.25) is 8.32 Å². The van der Waals surface area contributed by atoms with E-state index < -0.39 is 16.6 Å². The summed E-state index contributed by atoms with van der Waals surface area (Å²) in [7, 11) is -3.99. The van der Waals surface area contributed by atoms with Gasteiger partial charge in [-0.2, -0.15) is 0 Å². The highest BCUT2D eigenvalue weighted by Crippen LogP contribution is 2.47. The monoisotopic (exact) mass is 450 g/mol. The maximum Gasteiger partial charge on any atom is 0.261 e. The molecule has 4 heteroatoms. The van der Waals surface area contributed by atoms with E-state index in [1.165, 1.54) is 16.1 Å². The lowest BCUT2D eigenvalue weighted by atomic mass is 10.0. The molecule has 2 aromatic rings. The summed E-state index contributed by atoms with van der Waals surface area (Å²) in [5, 5.41) is 2.79. The Balaban J connectivity index is 1.65. The van der Waals surface area contributed by atoms with Gasteiger partial charge in [0.25, 0.3) is 8.32 Å². The molecule has 0 saturated heterocycles. The van der Waals surface area contributed by atoms with Gasteiger partial charge in [0.1, 0.15) is 0 Å². The van der Waals surface area contributed by atoms with Crippen LogP contribution in [0.3, 0.4) is 0 Å². The Labute approximate surface area is 190 Å². The molecule has 31 heavy (non-hydrogen) atoms. The van der Waals surface area contributed by atoms with Crippen molar-refractivity contribution in [2.45, 2.75) is 70.8 Å². The highest BCUT2D eigenvalue weighted by Gasteiger charge is 2.53. The second-order valence-corrected chi connectivity index (χ2v) is 20.0. The van der Waals surface area contributed by atoms with E-state index in [-0.39, 0.29) is 5.04 Å². The summed E-state index contributed by atoms with van der Waals surface area (Å²) in [4.78, 5) is 0. The van der Waals surface area contributed by atoms with E-state index in [1.54, 1.807) is 0 Å². The van der Waals surface area contributed by atoms with Crippen LogP contribution in [-0.4, -0.2) is 22.7 Å². The molecular formula is C27H38O2Si2. The van der Waals surface area contributed by atoms with Crippen LogP contribution in [0.1, 0.15) is 40.0 Å². The van der Waals surface area contributed by atoms with Crippen LogP contribution in [-0.2, 0) is 8.85 Å². The smallest absolute Gasteiger partial charge is 0.261 e. The first-order valence-electron chi connectivity index (χ1n) is 11.8. The Morgan fingerprint density at radius 2 is 1.35 bits per heavy atom. The van der Waals surface area contributed by atoms with E-state index in [0.717, 1.165) is 19.3 Å². The van der Waals surface area contributed by atoms with Crippen LogP contribution < -0.4 is 10.4 Å². The zero-order valence-corrected chi connectivity index (χ0v) is 22.0. The summed E-state index contributed by atoms with van der Waals surface area (Å²) < 4.78 is 13.7. The predicted octanol–water partition coefficient (Wildman–Crippen LogP) is 6.10. The minimum absolute atomic E-state index is 0.0371. The summed E-state index contributed by atoms with van der Waals surface area (Å²) in [5.41, 5.74) is 0. The summed E-state index contributed by atoms with van der Waals surface area (Å²) >= 11 is 0. The molecule has 166 valence electrons. The first kappa shape index (κ1) is 22.6. The predicted molar refractivity (Wildman–Crippen MR) is 136 cm³/mol. The molecule has 2 aliphatic carbocycles. The molecule has 4 rings (SSSR count). The molecule has 2 aliphatic rings. The Morgan fingerprint density at radius 1 is 0.806 bits per heavy atom. The third kappa shape index (κ3) is 4.62. The standard InChI is InChI=1S/C27H38O2Si2/c1-27(2,3)31(25-13-9-7-10-14-25,26-15-11-8-12-16-26)29-24-19-21-17-23(18-22(21)20-24)28-30(4,5)6/h7-17,21-22,24H,18-20H2,1-6H3/t21-,22+,24+/m0/s1. The average Bonchev–Trinajstić information content (AvgIpc) is 3.22. The molecule has 0 N–H and O–H groups in total. The van der Waals surface area contributed by atoms with E-state index in [9.17, 15) is 0 Å². The first-order valence-corrected chi connectivity index (χ1v) is 17.1. The van der Waals surface area contributed by atoms with Crippen molar-refractivity contribution in [3.8, 4) is 0 Å². The van der Waals surface area contributed by atoms with Crippen molar-refractivity contribution in [1.82, 2.24) is 0 Å². The van der Waals surface area contributed by atoms with Crippen LogP contribution in [0.15, 0.2) is 72.5 Å². The average molecular weight is 451 g/mol. The van der Waals surface area contributed by atoms with Crippen LogP contribution >= 0.6 is 0 Å². The van der Waals surface area contributed by atoms with Crippen molar-refractivity contribution in [1.29, 1.82) is 0 Å². The zero-order chi connectivity index (χ0) is 22.3. The van der Waals surface area contributed by atoms with Crippen molar-refractivity contribution in [3.05, 3.63) is 72.5 Å². The molecule has 0 aromatic heterocycles. The van der Waals surface area contributed by atoms with Gasteiger partial charge in [-0.25, -0.2) is 0 Å². The van der Waals surface area contributed by atoms with Crippen LogP contribution in [0.4, 0.5) is 0 Å². The molecule has 0 aliphatic heterocycles. The Morgan fingerprint density at radius 3 is 1.81 bits per heavy atom. The van der Waals surface area contributed by atoms with Crippen molar-refractivity contribution >= 4 is 27.0 Å². The SMILES string of the molecule is CC(C)(C)[Si](O[C@H]1C[C@H]2CC(O[Si](C)(C)C)=C[C@H]2C1)(c1ccccc1)c1ccccc1. The number of benzene rings is 2. The number of allylic oxidation sites excluding steroid dienone is 2. The maximum absolute atomic E-state index is 7.39. The molecule has 0 unspecified atom stereocenters. The second kappa shape index (κ2) is 8.38. The fourth-order valence-corrected chi connectivity index (χ4v) is 11.3. The molecule has 1 fully saturated rings. The molecule has 3 atom stereocenters. The van der Waals surface area contributed by atoms with Crippen molar-refractivity contribution in [3.63, 3.8) is 0 Å². The van der Waals surface area contributed by atoms with Gasteiger partial charge in [0.05, 0.1) is 5.76 Å². The van der Waals surface area contributed by atoms with Gasteiger partial charge in [-0.3, -0.25) is 0 Å². The van der Waals surface area contributed by atoms with E-state index in [2.05, 4.69) is 107 Å². The fraction of sp³-hybridized carbons (Fsp3) is 0.481. The zero-order valence-electron chi connectivity index (χ0n) is 20.0. The van der Waals surface area contributed by atoms with Gasteiger partial charge in [-0.15, -0.1) is 0 Å². The molecule has 1 saturated carbocycles. The normalized spacial score (nSPS) is 24.1. The Bertz CT molecular complexity index is 870. The molecule has 0 bridgehead atoms. The van der Waals surface area contributed by atoms with Gasteiger partial charge in [0.15, 0.2) is 0 Å². The Kier molecular flexibility index (Phi) is 6.10. The fourth-order valence-electron chi connectivity index (χ4n) is 5.62. The quantitative estimate of drug-likeness (QED) is 0.495. The Hall–Kier alpha value is -1.63. The highest BCUT2D eigenvalue weighted by molar-refractivity contribution is 6.99. The van der Waals surface area contributed by atoms with Crippen LogP contribution in [0.25, 0.3) is 0 Å². The summed E-state index contributed by atoms with van der Waals surface area (Å²) in [6.07, 6.45) is 6.09. The largest absolute Gasteiger partial charge is 0.548 e. The minimum Gasteiger partial charge on any atom is -0.548 e. The number of hydrogen-bond acceptors (Lipinski definition) is 2. The molecule has 2 nitrogen and oxygen atoms in total. The first-order chi connectivity index (χ1) is 14.6. The third-order valence-corrected chi connectivity index (χ3v) is 12.7. The van der Waals surface area contributed by atoms with E-state index >= 15 is 0 Å². The van der Waals surface area contributed by atoms with E-state index in [4.69, 9.17) is 8.85 Å². The van der Waals surface area contributed by atoms with Crippen LogP contribution in [0.5, 0.6) is 0 Å². The lowest BCUT2D eigenvalue weighted by Crippen LogP contribution is -2.67. The third-order valence-electron chi connectivity index (χ3n) is 6.77. The molecule has 0 spiro atoms. The number of fused-ring (bicyclic) bond motifs is 1. The topological polar surface area (TPSA) is 18.5 Å². The summed E-state index contributed by atoms with van der Waals surface area (Å²) in [6.45, 7) is 13.9. The van der Waals surface area contributed by atoms with Crippen LogP contribution in [0, 0.1) is 11.8 Å². The molecule has 0 heterocycles. The van der Waals surface area contributed by atoms with Gasteiger partial charge in [0, 0.05) is 12.5 Å². The molecule has 0 radical (unpaired) electrons. The summed E-state index contributed by atoms with van der Waals surface area (Å²) in [6, 6.07) is 22.1. The van der Waals surface area contributed by atoms with E-state index in [1.807, 2.05) is 0 Å². The number of hydrogen-bond donors (Lipinski definition) is 0. The maximum atomic E-state index is 7.39. The number of rotatable bonds is 6. The summed E-state index contributed by atoms with van der Waals surface area (Å²) in [5.74, 6) is 2.53. The van der Waals surface area contributed by atoms with Crippen molar-refractivity contribution in [2.75, 3.05) is 0 Å². The molecule has 0 amide bonds.